The minimum Gasteiger partial charge on any atom is -0.380 e. The minimum atomic E-state index is 0.0475. The summed E-state index contributed by atoms with van der Waals surface area (Å²) in [6, 6.07) is 9.66. The number of carbonyl (C=O) groups is 1. The summed E-state index contributed by atoms with van der Waals surface area (Å²) < 4.78 is 5.39. The van der Waals surface area contributed by atoms with Gasteiger partial charge in [-0.1, -0.05) is 25.1 Å². The predicted octanol–water partition coefficient (Wildman–Crippen LogP) is 2.47. The van der Waals surface area contributed by atoms with Crippen LogP contribution in [0, 0.1) is 0 Å². The van der Waals surface area contributed by atoms with Crippen LogP contribution in [0.15, 0.2) is 30.3 Å². The van der Waals surface area contributed by atoms with Crippen molar-refractivity contribution in [2.24, 2.45) is 0 Å². The van der Waals surface area contributed by atoms with Crippen LogP contribution in [0.25, 0.3) is 0 Å². The maximum atomic E-state index is 11.5. The number of nitrogens with zero attached hydrogens (tertiary/aromatic N) is 1. The Labute approximate surface area is 97.0 Å². The largest absolute Gasteiger partial charge is 0.380 e. The van der Waals surface area contributed by atoms with E-state index in [9.17, 15) is 4.79 Å². The molecule has 1 aromatic carbocycles. The highest BCUT2D eigenvalue weighted by molar-refractivity contribution is 5.91. The molecule has 0 saturated heterocycles. The standard InChI is InChI=1S/C13H19NO2/c1-3-10-16-11-9-14(12(2)15)13-7-5-4-6-8-13/h4-8H,3,9-11H2,1-2H3. The van der Waals surface area contributed by atoms with E-state index in [4.69, 9.17) is 4.74 Å². The molecular formula is C13H19NO2. The van der Waals surface area contributed by atoms with Gasteiger partial charge < -0.3 is 9.64 Å². The van der Waals surface area contributed by atoms with Gasteiger partial charge in [0.15, 0.2) is 0 Å². The van der Waals surface area contributed by atoms with Crippen LogP contribution >= 0.6 is 0 Å². The third-order valence-electron chi connectivity index (χ3n) is 2.26. The number of carbonyl (C=O) groups excluding carboxylic acids is 1. The first kappa shape index (κ1) is 12.7. The molecule has 0 atom stereocenters. The lowest BCUT2D eigenvalue weighted by Gasteiger charge is -2.20. The molecule has 0 aliphatic heterocycles. The van der Waals surface area contributed by atoms with Gasteiger partial charge in [-0.25, -0.2) is 0 Å². The van der Waals surface area contributed by atoms with E-state index in [1.165, 1.54) is 0 Å². The number of rotatable bonds is 6. The van der Waals surface area contributed by atoms with E-state index < -0.39 is 0 Å². The summed E-state index contributed by atoms with van der Waals surface area (Å²) in [5.74, 6) is 0.0475. The van der Waals surface area contributed by atoms with Crippen molar-refractivity contribution in [3.8, 4) is 0 Å². The topological polar surface area (TPSA) is 29.5 Å². The Hall–Kier alpha value is -1.35. The van der Waals surface area contributed by atoms with Gasteiger partial charge in [-0.15, -0.1) is 0 Å². The summed E-state index contributed by atoms with van der Waals surface area (Å²) in [4.78, 5) is 13.2. The molecule has 3 heteroatoms. The van der Waals surface area contributed by atoms with E-state index in [2.05, 4.69) is 6.92 Å². The van der Waals surface area contributed by atoms with Gasteiger partial charge in [-0.2, -0.15) is 0 Å². The average Bonchev–Trinajstić information content (AvgIpc) is 2.30. The molecule has 0 aliphatic carbocycles. The van der Waals surface area contributed by atoms with E-state index >= 15 is 0 Å². The van der Waals surface area contributed by atoms with Gasteiger partial charge in [-0.3, -0.25) is 4.79 Å². The second-order valence-corrected chi connectivity index (χ2v) is 3.62. The van der Waals surface area contributed by atoms with E-state index in [-0.39, 0.29) is 5.91 Å². The Morgan fingerprint density at radius 1 is 1.25 bits per heavy atom. The zero-order valence-electron chi connectivity index (χ0n) is 9.98. The molecule has 16 heavy (non-hydrogen) atoms. The number of para-hydroxylation sites is 1. The highest BCUT2D eigenvalue weighted by Gasteiger charge is 2.09. The fourth-order valence-corrected chi connectivity index (χ4v) is 1.48. The number of ether oxygens (including phenoxy) is 1. The van der Waals surface area contributed by atoms with Crippen molar-refractivity contribution >= 4 is 11.6 Å². The Balaban J connectivity index is 2.52. The number of hydrogen-bond donors (Lipinski definition) is 0. The van der Waals surface area contributed by atoms with Crippen LogP contribution in [0.4, 0.5) is 5.69 Å². The van der Waals surface area contributed by atoms with Crippen molar-refractivity contribution < 1.29 is 9.53 Å². The van der Waals surface area contributed by atoms with Crippen molar-refractivity contribution in [3.05, 3.63) is 30.3 Å². The van der Waals surface area contributed by atoms with Crippen LogP contribution in [0.2, 0.25) is 0 Å². The monoisotopic (exact) mass is 221 g/mol. The van der Waals surface area contributed by atoms with Gasteiger partial charge in [0.2, 0.25) is 5.91 Å². The molecule has 88 valence electrons. The Kier molecular flexibility index (Phi) is 5.57. The molecule has 0 N–H and O–H groups in total. The first-order chi connectivity index (χ1) is 7.75. The van der Waals surface area contributed by atoms with Crippen LogP contribution in [-0.2, 0) is 9.53 Å². The molecule has 0 radical (unpaired) electrons. The van der Waals surface area contributed by atoms with Gasteiger partial charge in [0.25, 0.3) is 0 Å². The molecular weight excluding hydrogens is 202 g/mol. The fourth-order valence-electron chi connectivity index (χ4n) is 1.48. The third-order valence-corrected chi connectivity index (χ3v) is 2.26. The second kappa shape index (κ2) is 7.01. The molecule has 1 rings (SSSR count). The maximum Gasteiger partial charge on any atom is 0.223 e. The van der Waals surface area contributed by atoms with Gasteiger partial charge in [-0.05, 0) is 18.6 Å². The zero-order valence-corrected chi connectivity index (χ0v) is 9.98. The molecule has 0 heterocycles. The van der Waals surface area contributed by atoms with Crippen molar-refractivity contribution in [1.82, 2.24) is 0 Å². The summed E-state index contributed by atoms with van der Waals surface area (Å²) in [7, 11) is 0. The summed E-state index contributed by atoms with van der Waals surface area (Å²) in [6.07, 6.45) is 1.01. The molecule has 1 aromatic rings. The molecule has 0 aromatic heterocycles. The highest BCUT2D eigenvalue weighted by Crippen LogP contribution is 2.12. The quantitative estimate of drug-likeness (QED) is 0.691. The summed E-state index contributed by atoms with van der Waals surface area (Å²) in [6.45, 7) is 5.59. The molecule has 0 fully saturated rings. The van der Waals surface area contributed by atoms with Gasteiger partial charge in [0, 0.05) is 25.8 Å². The molecule has 1 amide bonds. The SMILES string of the molecule is CCCOCCN(C(C)=O)c1ccccc1. The highest BCUT2D eigenvalue weighted by atomic mass is 16.5. The van der Waals surface area contributed by atoms with Crippen LogP contribution in [-0.4, -0.2) is 25.7 Å². The number of anilines is 1. The van der Waals surface area contributed by atoms with Crippen LogP contribution < -0.4 is 4.90 Å². The second-order valence-electron chi connectivity index (χ2n) is 3.62. The number of hydrogen-bond acceptors (Lipinski definition) is 2. The first-order valence-corrected chi connectivity index (χ1v) is 5.66. The summed E-state index contributed by atoms with van der Waals surface area (Å²) in [5, 5.41) is 0. The first-order valence-electron chi connectivity index (χ1n) is 5.66. The van der Waals surface area contributed by atoms with Gasteiger partial charge in [0.05, 0.1) is 6.61 Å². The van der Waals surface area contributed by atoms with Crippen LogP contribution in [0.3, 0.4) is 0 Å². The maximum absolute atomic E-state index is 11.5. The Morgan fingerprint density at radius 2 is 1.94 bits per heavy atom. The van der Waals surface area contributed by atoms with E-state index in [1.807, 2.05) is 30.3 Å². The molecule has 0 bridgehead atoms. The fraction of sp³-hybridized carbons (Fsp3) is 0.462. The lowest BCUT2D eigenvalue weighted by atomic mass is 10.3. The van der Waals surface area contributed by atoms with E-state index in [0.29, 0.717) is 13.2 Å². The lowest BCUT2D eigenvalue weighted by molar-refractivity contribution is -0.116. The van der Waals surface area contributed by atoms with Crippen molar-refractivity contribution in [1.29, 1.82) is 0 Å². The molecule has 3 nitrogen and oxygen atoms in total. The van der Waals surface area contributed by atoms with Gasteiger partial charge >= 0.3 is 0 Å². The minimum absolute atomic E-state index is 0.0475. The average molecular weight is 221 g/mol. The molecule has 0 unspecified atom stereocenters. The van der Waals surface area contributed by atoms with Crippen molar-refractivity contribution in [3.63, 3.8) is 0 Å². The number of amides is 1. The Bertz CT molecular complexity index is 311. The lowest BCUT2D eigenvalue weighted by Crippen LogP contribution is -2.31. The van der Waals surface area contributed by atoms with E-state index in [1.54, 1.807) is 11.8 Å². The summed E-state index contributed by atoms with van der Waals surface area (Å²) >= 11 is 0. The molecule has 0 saturated carbocycles. The van der Waals surface area contributed by atoms with Crippen LogP contribution in [0.1, 0.15) is 20.3 Å². The van der Waals surface area contributed by atoms with Crippen molar-refractivity contribution in [2.45, 2.75) is 20.3 Å². The number of benzene rings is 1. The molecule has 0 spiro atoms. The normalized spacial score (nSPS) is 10.1. The van der Waals surface area contributed by atoms with Gasteiger partial charge in [0.1, 0.15) is 0 Å². The Morgan fingerprint density at radius 3 is 2.50 bits per heavy atom. The molecule has 0 aliphatic rings. The smallest absolute Gasteiger partial charge is 0.223 e. The predicted molar refractivity (Wildman–Crippen MR) is 65.6 cm³/mol. The van der Waals surface area contributed by atoms with Crippen molar-refractivity contribution in [2.75, 3.05) is 24.7 Å². The van der Waals surface area contributed by atoms with E-state index in [0.717, 1.165) is 18.7 Å². The van der Waals surface area contributed by atoms with Crippen LogP contribution in [0.5, 0.6) is 0 Å². The summed E-state index contributed by atoms with van der Waals surface area (Å²) in [5.41, 5.74) is 0.926. The third kappa shape index (κ3) is 4.03. The zero-order chi connectivity index (χ0) is 11.8.